The van der Waals surface area contributed by atoms with Gasteiger partial charge in [-0.2, -0.15) is 5.10 Å². The number of hydrogen-bond acceptors (Lipinski definition) is 7. The summed E-state index contributed by atoms with van der Waals surface area (Å²) < 4.78 is 24.9. The number of fused-ring (bicyclic) bond motifs is 1. The Hall–Kier alpha value is -3.68. The monoisotopic (exact) mass is 395 g/mol. The molecule has 0 aliphatic carbocycles. The second kappa shape index (κ2) is 8.55. The zero-order chi connectivity index (χ0) is 21.0. The first kappa shape index (κ1) is 20.1. The standard InChI is InChI=1S/C21H22FN5O2/c1-13(11-24-27(2)3)14-8-17-16(23-12-14)6-7-20(25-17)26-18-9-15(28-4)10-19(29-5)21(18)22/h6-12H,1H2,2-5H3,(H,25,26). The number of nitrogens with zero attached hydrogens (tertiary/aromatic N) is 4. The molecule has 0 saturated carbocycles. The number of hydrazone groups is 1. The summed E-state index contributed by atoms with van der Waals surface area (Å²) in [5, 5.41) is 8.83. The molecule has 0 saturated heterocycles. The fourth-order valence-corrected chi connectivity index (χ4v) is 2.58. The molecule has 1 N–H and O–H groups in total. The van der Waals surface area contributed by atoms with Gasteiger partial charge in [-0.3, -0.25) is 4.98 Å². The highest BCUT2D eigenvalue weighted by molar-refractivity contribution is 6.09. The quantitative estimate of drug-likeness (QED) is 0.480. The third-order valence-electron chi connectivity index (χ3n) is 4.08. The SMILES string of the molecule is C=C(C=NN(C)C)c1cnc2ccc(Nc3cc(OC)cc(OC)c3F)nc2c1. The van der Waals surface area contributed by atoms with E-state index in [-0.39, 0.29) is 11.4 Å². The van der Waals surface area contributed by atoms with Crippen LogP contribution in [0.1, 0.15) is 5.56 Å². The first-order valence-electron chi connectivity index (χ1n) is 8.77. The molecule has 0 radical (unpaired) electrons. The van der Waals surface area contributed by atoms with E-state index in [4.69, 9.17) is 9.47 Å². The first-order chi connectivity index (χ1) is 13.9. The van der Waals surface area contributed by atoms with Crippen LogP contribution in [0.15, 0.2) is 48.2 Å². The van der Waals surface area contributed by atoms with Crippen molar-refractivity contribution in [3.63, 3.8) is 0 Å². The Labute approximate surface area is 168 Å². The molecule has 0 spiro atoms. The van der Waals surface area contributed by atoms with Gasteiger partial charge < -0.3 is 19.8 Å². The summed E-state index contributed by atoms with van der Waals surface area (Å²) in [6.45, 7) is 4.01. The molecule has 3 rings (SSSR count). The van der Waals surface area contributed by atoms with Gasteiger partial charge in [0.25, 0.3) is 0 Å². The van der Waals surface area contributed by atoms with E-state index < -0.39 is 5.82 Å². The van der Waals surface area contributed by atoms with Crippen molar-refractivity contribution in [2.24, 2.45) is 5.10 Å². The molecule has 0 bridgehead atoms. The molecule has 0 atom stereocenters. The van der Waals surface area contributed by atoms with E-state index in [1.807, 2.05) is 20.2 Å². The number of methoxy groups -OCH3 is 2. The van der Waals surface area contributed by atoms with E-state index in [0.29, 0.717) is 28.2 Å². The van der Waals surface area contributed by atoms with Crippen LogP contribution in [-0.2, 0) is 0 Å². The molecular weight excluding hydrogens is 373 g/mol. The highest BCUT2D eigenvalue weighted by Gasteiger charge is 2.13. The van der Waals surface area contributed by atoms with E-state index in [1.165, 1.54) is 26.4 Å². The van der Waals surface area contributed by atoms with Gasteiger partial charge in [0, 0.05) is 38.0 Å². The van der Waals surface area contributed by atoms with Gasteiger partial charge in [-0.05, 0) is 23.8 Å². The highest BCUT2D eigenvalue weighted by Crippen LogP contribution is 2.32. The van der Waals surface area contributed by atoms with Gasteiger partial charge in [-0.25, -0.2) is 9.37 Å². The van der Waals surface area contributed by atoms with Crippen molar-refractivity contribution in [2.45, 2.75) is 0 Å². The van der Waals surface area contributed by atoms with Crippen molar-refractivity contribution in [3.8, 4) is 11.5 Å². The Morgan fingerprint density at radius 2 is 1.97 bits per heavy atom. The molecule has 29 heavy (non-hydrogen) atoms. The lowest BCUT2D eigenvalue weighted by Crippen LogP contribution is -2.02. The minimum Gasteiger partial charge on any atom is -0.497 e. The Morgan fingerprint density at radius 1 is 1.17 bits per heavy atom. The van der Waals surface area contributed by atoms with Gasteiger partial charge >= 0.3 is 0 Å². The highest BCUT2D eigenvalue weighted by atomic mass is 19.1. The van der Waals surface area contributed by atoms with E-state index in [0.717, 1.165) is 5.56 Å². The molecular formula is C21H22FN5O2. The van der Waals surface area contributed by atoms with Gasteiger partial charge in [0.15, 0.2) is 11.6 Å². The van der Waals surface area contributed by atoms with Gasteiger partial charge in [0.1, 0.15) is 11.6 Å². The number of anilines is 2. The van der Waals surface area contributed by atoms with E-state index >= 15 is 0 Å². The average Bonchev–Trinajstić information content (AvgIpc) is 2.72. The fourth-order valence-electron chi connectivity index (χ4n) is 2.58. The molecule has 8 heteroatoms. The smallest absolute Gasteiger partial charge is 0.188 e. The van der Waals surface area contributed by atoms with Crippen LogP contribution < -0.4 is 14.8 Å². The Bertz CT molecular complexity index is 1080. The van der Waals surface area contributed by atoms with E-state index in [9.17, 15) is 4.39 Å². The molecule has 2 heterocycles. The summed E-state index contributed by atoms with van der Waals surface area (Å²) in [6, 6.07) is 8.41. The Kier molecular flexibility index (Phi) is 5.92. The summed E-state index contributed by atoms with van der Waals surface area (Å²) in [4.78, 5) is 8.95. The van der Waals surface area contributed by atoms with Crippen LogP contribution in [0.2, 0.25) is 0 Å². The summed E-state index contributed by atoms with van der Waals surface area (Å²) >= 11 is 0. The van der Waals surface area contributed by atoms with Crippen molar-refractivity contribution < 1.29 is 13.9 Å². The zero-order valence-electron chi connectivity index (χ0n) is 16.7. The third-order valence-corrected chi connectivity index (χ3v) is 4.08. The van der Waals surface area contributed by atoms with Crippen LogP contribution in [-0.4, -0.2) is 49.5 Å². The molecule has 0 aliphatic rings. The number of ether oxygens (including phenoxy) is 2. The zero-order valence-corrected chi connectivity index (χ0v) is 16.7. The van der Waals surface area contributed by atoms with Crippen molar-refractivity contribution in [1.82, 2.24) is 15.0 Å². The number of hydrogen-bond donors (Lipinski definition) is 1. The lowest BCUT2D eigenvalue weighted by atomic mass is 10.1. The maximum Gasteiger partial charge on any atom is 0.188 e. The van der Waals surface area contributed by atoms with Crippen LogP contribution in [0.25, 0.3) is 16.6 Å². The third kappa shape index (κ3) is 4.60. The fraction of sp³-hybridized carbons (Fsp3) is 0.190. The van der Waals surface area contributed by atoms with E-state index in [1.54, 1.807) is 29.6 Å². The van der Waals surface area contributed by atoms with Crippen molar-refractivity contribution >= 4 is 34.3 Å². The molecule has 0 fully saturated rings. The first-order valence-corrected chi connectivity index (χ1v) is 8.77. The maximum atomic E-state index is 14.6. The summed E-state index contributed by atoms with van der Waals surface area (Å²) in [7, 11) is 6.56. The predicted molar refractivity (Wildman–Crippen MR) is 114 cm³/mol. The van der Waals surface area contributed by atoms with Crippen LogP contribution in [0, 0.1) is 5.82 Å². The number of benzene rings is 1. The number of nitrogens with one attached hydrogen (secondary N) is 1. The van der Waals surface area contributed by atoms with Crippen molar-refractivity contribution in [2.75, 3.05) is 33.6 Å². The molecule has 0 unspecified atom stereocenters. The minimum atomic E-state index is -0.532. The molecule has 7 nitrogen and oxygen atoms in total. The number of pyridine rings is 2. The van der Waals surface area contributed by atoms with Crippen molar-refractivity contribution in [3.05, 3.63) is 54.5 Å². The molecule has 0 aliphatic heterocycles. The Morgan fingerprint density at radius 3 is 2.66 bits per heavy atom. The van der Waals surface area contributed by atoms with Gasteiger partial charge in [0.05, 0.1) is 37.2 Å². The summed E-state index contributed by atoms with van der Waals surface area (Å²) in [5.74, 6) is 0.466. The molecule has 0 amide bonds. The topological polar surface area (TPSA) is 71.9 Å². The predicted octanol–water partition coefficient (Wildman–Crippen LogP) is 4.09. The van der Waals surface area contributed by atoms with Gasteiger partial charge in [0.2, 0.25) is 0 Å². The second-order valence-electron chi connectivity index (χ2n) is 6.39. The van der Waals surface area contributed by atoms with E-state index in [2.05, 4.69) is 27.0 Å². The number of halogens is 1. The lowest BCUT2D eigenvalue weighted by molar-refractivity contribution is 0.375. The van der Waals surface area contributed by atoms with Crippen LogP contribution >= 0.6 is 0 Å². The lowest BCUT2D eigenvalue weighted by Gasteiger charge is -2.12. The van der Waals surface area contributed by atoms with Crippen LogP contribution in [0.4, 0.5) is 15.9 Å². The summed E-state index contributed by atoms with van der Waals surface area (Å²) in [6.07, 6.45) is 3.37. The van der Waals surface area contributed by atoms with Crippen molar-refractivity contribution in [1.29, 1.82) is 0 Å². The summed E-state index contributed by atoms with van der Waals surface area (Å²) in [5.41, 5.74) is 3.04. The molecule has 3 aromatic rings. The maximum absolute atomic E-state index is 14.6. The van der Waals surface area contributed by atoms with Crippen LogP contribution in [0.3, 0.4) is 0 Å². The Balaban J connectivity index is 1.94. The molecule has 1 aromatic carbocycles. The normalized spacial score (nSPS) is 10.9. The molecule has 2 aromatic heterocycles. The number of allylic oxidation sites excluding steroid dienone is 1. The second-order valence-corrected chi connectivity index (χ2v) is 6.39. The largest absolute Gasteiger partial charge is 0.497 e. The average molecular weight is 395 g/mol. The minimum absolute atomic E-state index is 0.0769. The van der Waals surface area contributed by atoms with Crippen LogP contribution in [0.5, 0.6) is 11.5 Å². The van der Waals surface area contributed by atoms with Gasteiger partial charge in [-0.15, -0.1) is 0 Å². The van der Waals surface area contributed by atoms with Gasteiger partial charge in [-0.1, -0.05) is 6.58 Å². The molecule has 150 valence electrons. The number of rotatable bonds is 7. The number of aromatic nitrogens is 2.